The molecule has 3 atom stereocenters. The van der Waals surface area contributed by atoms with E-state index in [4.69, 9.17) is 19.8 Å². The van der Waals surface area contributed by atoms with Crippen molar-refractivity contribution in [3.05, 3.63) is 77.2 Å². The molecule has 4 fully saturated rings. The average Bonchev–Trinajstić information content (AvgIpc) is 3.74. The Hall–Kier alpha value is -6.42. The van der Waals surface area contributed by atoms with Gasteiger partial charge in [-0.05, 0) is 69.1 Å². The Morgan fingerprint density at radius 1 is 1.10 bits per heavy atom. The van der Waals surface area contributed by atoms with E-state index in [-0.39, 0.29) is 84.6 Å². The Morgan fingerprint density at radius 3 is 2.69 bits per heavy atom. The summed E-state index contributed by atoms with van der Waals surface area (Å²) in [7, 11) is 0. The van der Waals surface area contributed by atoms with Crippen LogP contribution < -0.4 is 15.5 Å². The van der Waals surface area contributed by atoms with Crippen LogP contribution in [0.4, 0.5) is 24.7 Å². The van der Waals surface area contributed by atoms with Gasteiger partial charge in [0.1, 0.15) is 23.7 Å². The van der Waals surface area contributed by atoms with Crippen molar-refractivity contribution in [3.8, 4) is 17.9 Å². The van der Waals surface area contributed by atoms with Crippen molar-refractivity contribution in [1.82, 2.24) is 44.4 Å². The standard InChI is InChI=1S/C47H49F3N12O5S/c48-43(49)41-36(53-46(65)35-23-52-60-19-16-38(54-44(35)60)59-20-22-66-32(25-59)14-17-51)26-61(56-41)30-8-6-28(7-9-30)24-58-18-15-37(47(50,68)27-58)67-21-2-4-29-3-1-5-33-40(34-12-13-39(63)55-45(34)64)57-62(42(29)33)31-10-11-31/h1,3,5,15-16,19,23,26,28,30-32,34,43,68H,6-14,18,20-22,24-25,27H2,(H,53,65)(H,55,63,64)/t28-,30-,32?,34?,47-/m1/s1. The number of hydrogen-bond donors (Lipinski definition) is 3. The monoisotopic (exact) mass is 950 g/mol. The molecule has 2 unspecified atom stereocenters. The summed E-state index contributed by atoms with van der Waals surface area (Å²) in [5.41, 5.74) is 1.93. The zero-order valence-electron chi connectivity index (χ0n) is 37.0. The number of para-hydroxylation sites is 1. The number of ether oxygens (including phenoxy) is 2. The van der Waals surface area contributed by atoms with Gasteiger partial charge in [0.2, 0.25) is 16.8 Å². The maximum absolute atomic E-state index is 16.0. The molecule has 0 radical (unpaired) electrons. The molecule has 2 N–H and O–H groups in total. The number of benzene rings is 1. The number of amides is 3. The van der Waals surface area contributed by atoms with Gasteiger partial charge < -0.3 is 19.7 Å². The number of nitriles is 1. The second-order valence-corrected chi connectivity index (χ2v) is 18.8. The first-order valence-electron chi connectivity index (χ1n) is 23.0. The molecule has 2 saturated heterocycles. The fourth-order valence-corrected chi connectivity index (χ4v) is 10.2. The second-order valence-electron chi connectivity index (χ2n) is 18.1. The SMILES string of the molecule is N#CCC1CN(c2ccn3ncc(C(=O)Nc4cn([C@H]5CC[C@H](CN6CC=C(OCC#Cc7cccc8c(C9CCC(=O)NC9=O)nn(C9CC9)c78)[C@](F)(S)C6)CC5)nc4C(F)F)c3n2)CCO1. The summed E-state index contributed by atoms with van der Waals surface area (Å²) in [6.45, 7) is 2.44. The molecule has 3 amide bonds. The highest BCUT2D eigenvalue weighted by Crippen LogP contribution is 2.41. The zero-order chi connectivity index (χ0) is 47.1. The van der Waals surface area contributed by atoms with E-state index < -0.39 is 28.9 Å². The van der Waals surface area contributed by atoms with Crippen LogP contribution in [-0.2, 0) is 19.1 Å². The number of nitrogens with one attached hydrogen (secondary N) is 2. The molecular formula is C47H49F3N12O5S. The molecule has 5 aromatic rings. The number of carbonyl (C=O) groups is 3. The van der Waals surface area contributed by atoms with Crippen LogP contribution in [0.3, 0.4) is 0 Å². The third-order valence-corrected chi connectivity index (χ3v) is 13.8. The predicted octanol–water partition coefficient (Wildman–Crippen LogP) is 6.03. The number of imide groups is 1. The Bertz CT molecular complexity index is 2900. The van der Waals surface area contributed by atoms with E-state index in [1.165, 1.54) is 21.6 Å². The molecule has 3 aliphatic heterocycles. The van der Waals surface area contributed by atoms with Crippen molar-refractivity contribution >= 4 is 58.4 Å². The molecule has 68 heavy (non-hydrogen) atoms. The number of hydrogen-bond acceptors (Lipinski definition) is 13. The Labute approximate surface area is 394 Å². The molecule has 7 heterocycles. The van der Waals surface area contributed by atoms with Gasteiger partial charge in [0, 0.05) is 56.9 Å². The third-order valence-electron chi connectivity index (χ3n) is 13.4. The van der Waals surface area contributed by atoms with E-state index in [0.717, 1.165) is 42.1 Å². The minimum absolute atomic E-state index is 0.0117. The smallest absolute Gasteiger partial charge is 0.284 e. The fraction of sp³-hybridized carbons (Fsp3) is 0.489. The van der Waals surface area contributed by atoms with Crippen molar-refractivity contribution in [2.75, 3.05) is 56.2 Å². The number of piperidine rings is 1. The van der Waals surface area contributed by atoms with Crippen LogP contribution in [0, 0.1) is 29.1 Å². The number of thiol groups is 1. The van der Waals surface area contributed by atoms with Crippen LogP contribution in [-0.4, -0.2) is 114 Å². The number of fused-ring (bicyclic) bond motifs is 2. The summed E-state index contributed by atoms with van der Waals surface area (Å²) in [6.07, 6.45) is 8.64. The molecule has 4 aromatic heterocycles. The number of carbonyl (C=O) groups excluding carboxylic acids is 3. The highest BCUT2D eigenvalue weighted by atomic mass is 32.1. The maximum Gasteiger partial charge on any atom is 0.284 e. The highest BCUT2D eigenvalue weighted by Gasteiger charge is 2.39. The van der Waals surface area contributed by atoms with Crippen LogP contribution in [0.2, 0.25) is 0 Å². The Kier molecular flexibility index (Phi) is 12.6. The van der Waals surface area contributed by atoms with Gasteiger partial charge in [0.25, 0.3) is 12.3 Å². The lowest BCUT2D eigenvalue weighted by atomic mass is 9.85. The van der Waals surface area contributed by atoms with Crippen LogP contribution in [0.5, 0.6) is 0 Å². The molecule has 2 aliphatic carbocycles. The van der Waals surface area contributed by atoms with Gasteiger partial charge >= 0.3 is 0 Å². The number of nitrogens with zero attached hydrogens (tertiary/aromatic N) is 10. The van der Waals surface area contributed by atoms with Crippen molar-refractivity contribution < 1.29 is 37.0 Å². The van der Waals surface area contributed by atoms with Gasteiger partial charge in [0.15, 0.2) is 11.3 Å². The van der Waals surface area contributed by atoms with Crippen LogP contribution in [0.25, 0.3) is 16.6 Å². The minimum atomic E-state index is -2.94. The van der Waals surface area contributed by atoms with Crippen LogP contribution >= 0.6 is 12.6 Å². The lowest BCUT2D eigenvalue weighted by Crippen LogP contribution is -2.45. The van der Waals surface area contributed by atoms with Crippen molar-refractivity contribution in [2.45, 2.75) is 93.3 Å². The first-order valence-corrected chi connectivity index (χ1v) is 23.4. The molecule has 2 saturated carbocycles. The molecule has 0 bridgehead atoms. The molecule has 0 spiro atoms. The largest absolute Gasteiger partial charge is 0.481 e. The van der Waals surface area contributed by atoms with E-state index in [1.807, 2.05) is 32.7 Å². The number of anilines is 2. The Morgan fingerprint density at radius 2 is 1.93 bits per heavy atom. The number of halogens is 3. The van der Waals surface area contributed by atoms with E-state index in [2.05, 4.69) is 56.4 Å². The molecule has 1 aromatic carbocycles. The quantitative estimate of drug-likeness (QED) is 0.0749. The van der Waals surface area contributed by atoms with E-state index in [9.17, 15) is 23.2 Å². The minimum Gasteiger partial charge on any atom is -0.481 e. The summed E-state index contributed by atoms with van der Waals surface area (Å²) in [4.78, 5) is 46.8. The lowest BCUT2D eigenvalue weighted by molar-refractivity contribution is -0.134. The molecule has 354 valence electrons. The molecule has 17 nitrogen and oxygen atoms in total. The first kappa shape index (κ1) is 45.4. The molecular weight excluding hydrogens is 902 g/mol. The summed E-state index contributed by atoms with van der Waals surface area (Å²) < 4.78 is 61.2. The van der Waals surface area contributed by atoms with E-state index >= 15 is 4.39 Å². The second kappa shape index (κ2) is 18.9. The lowest BCUT2D eigenvalue weighted by Gasteiger charge is -2.37. The van der Waals surface area contributed by atoms with E-state index in [0.29, 0.717) is 63.6 Å². The highest BCUT2D eigenvalue weighted by molar-refractivity contribution is 7.81. The number of morpholine rings is 1. The number of aromatic nitrogens is 7. The number of alkyl halides is 3. The summed E-state index contributed by atoms with van der Waals surface area (Å²) in [5.74, 6) is 5.33. The van der Waals surface area contributed by atoms with Crippen molar-refractivity contribution in [2.24, 2.45) is 5.92 Å². The van der Waals surface area contributed by atoms with Crippen LogP contribution in [0.15, 0.2) is 54.7 Å². The first-order chi connectivity index (χ1) is 32.9. The van der Waals surface area contributed by atoms with Crippen molar-refractivity contribution in [1.29, 1.82) is 5.26 Å². The zero-order valence-corrected chi connectivity index (χ0v) is 37.9. The number of rotatable bonds is 12. The topological polar surface area (TPSA) is 190 Å². The van der Waals surface area contributed by atoms with Gasteiger partial charge in [-0.25, -0.2) is 22.7 Å². The van der Waals surface area contributed by atoms with Crippen molar-refractivity contribution in [3.63, 3.8) is 0 Å². The van der Waals surface area contributed by atoms with Crippen LogP contribution in [0.1, 0.15) is 110 Å². The molecule has 21 heteroatoms. The summed E-state index contributed by atoms with van der Waals surface area (Å²) in [6, 6.07) is 9.61. The molecule has 10 rings (SSSR count). The molecule has 5 aliphatic rings. The summed E-state index contributed by atoms with van der Waals surface area (Å²) >= 11 is 4.36. The summed E-state index contributed by atoms with van der Waals surface area (Å²) in [5, 5.41) is 26.3. The van der Waals surface area contributed by atoms with Gasteiger partial charge in [-0.1, -0.05) is 24.0 Å². The fourth-order valence-electron chi connectivity index (χ4n) is 9.82. The maximum atomic E-state index is 16.0. The van der Waals surface area contributed by atoms with Gasteiger partial charge in [-0.3, -0.25) is 34.0 Å². The normalized spacial score (nSPS) is 24.6. The van der Waals surface area contributed by atoms with Gasteiger partial charge in [-0.2, -0.15) is 20.6 Å². The van der Waals surface area contributed by atoms with Gasteiger partial charge in [-0.15, -0.1) is 12.6 Å². The Balaban J connectivity index is 0.737. The average molecular weight is 951 g/mol. The van der Waals surface area contributed by atoms with Gasteiger partial charge in [0.05, 0.1) is 71.9 Å². The third kappa shape index (κ3) is 9.39. The predicted molar refractivity (Wildman–Crippen MR) is 245 cm³/mol. The van der Waals surface area contributed by atoms with E-state index in [1.54, 1.807) is 18.3 Å².